The van der Waals surface area contributed by atoms with Crippen LogP contribution < -0.4 is 9.15 Å². The van der Waals surface area contributed by atoms with E-state index >= 15 is 0 Å². The van der Waals surface area contributed by atoms with Crippen molar-refractivity contribution >= 4 is 33.4 Å². The van der Waals surface area contributed by atoms with E-state index in [0.717, 1.165) is 18.6 Å². The van der Waals surface area contributed by atoms with Crippen molar-refractivity contribution in [1.29, 1.82) is 0 Å². The highest BCUT2D eigenvalue weighted by Crippen LogP contribution is 2.29. The van der Waals surface area contributed by atoms with E-state index in [1.165, 1.54) is 50.5 Å². The van der Waals surface area contributed by atoms with Crippen molar-refractivity contribution < 1.29 is 13.2 Å². The third kappa shape index (κ3) is 3.55. The maximum Gasteiger partial charge on any atom is 0.277 e. The van der Waals surface area contributed by atoms with Gasteiger partial charge in [-0.2, -0.15) is 17.5 Å². The lowest BCUT2D eigenvalue weighted by molar-refractivity contribution is 0.288. The lowest BCUT2D eigenvalue weighted by Gasteiger charge is -2.30. The highest BCUT2D eigenvalue weighted by molar-refractivity contribution is 7.99. The van der Waals surface area contributed by atoms with Crippen LogP contribution in [0.1, 0.15) is 23.4 Å². The summed E-state index contributed by atoms with van der Waals surface area (Å²) in [6, 6.07) is 12.4. The molecule has 1 aliphatic heterocycles. The number of halogens is 1. The Morgan fingerprint density at radius 3 is 2.83 bits per heavy atom. The number of rotatable bonds is 5. The monoisotopic (exact) mass is 462 g/mol. The van der Waals surface area contributed by atoms with Crippen LogP contribution in [0.5, 0.6) is 5.75 Å². The molecule has 2 heterocycles. The van der Waals surface area contributed by atoms with Crippen LogP contribution in [0, 0.1) is 0 Å². The number of fused-ring (bicyclic) bond motifs is 2. The molecule has 0 bridgehead atoms. The van der Waals surface area contributed by atoms with E-state index in [9.17, 15) is 8.42 Å². The first-order valence-corrected chi connectivity index (χ1v) is 12.4. The van der Waals surface area contributed by atoms with Crippen LogP contribution in [0.2, 0.25) is 5.02 Å². The first-order chi connectivity index (χ1) is 14.5. The number of hydrogen-bond acceptors (Lipinski definition) is 6. The Hall–Kier alpha value is -2.23. The van der Waals surface area contributed by atoms with Crippen molar-refractivity contribution in [2.24, 2.45) is 0 Å². The molecule has 3 aromatic rings. The molecule has 0 radical (unpaired) electrons. The molecular weight excluding hydrogens is 444 g/mol. The van der Waals surface area contributed by atoms with Crippen LogP contribution >= 0.6 is 23.4 Å². The molecular formula is C20H19ClN4O3S2. The minimum absolute atomic E-state index is 0.119. The maximum absolute atomic E-state index is 13.3. The predicted molar refractivity (Wildman–Crippen MR) is 115 cm³/mol. The summed E-state index contributed by atoms with van der Waals surface area (Å²) in [5.74, 6) is 1.77. The number of sulfonamides is 1. The minimum atomic E-state index is -3.82. The number of aromatic nitrogens is 3. The van der Waals surface area contributed by atoms with E-state index < -0.39 is 10.0 Å². The fourth-order valence-corrected chi connectivity index (χ4v) is 6.56. The molecule has 0 saturated heterocycles. The van der Waals surface area contributed by atoms with Gasteiger partial charge in [-0.05, 0) is 60.7 Å². The van der Waals surface area contributed by atoms with Crippen molar-refractivity contribution in [2.45, 2.75) is 35.9 Å². The SMILES string of the molecule is O=S(=O)(c1cccc(Cl)c1)N1CCSc2nnc(COc3ccc4c(c3)CCC4)n21. The molecule has 0 spiro atoms. The molecule has 5 rings (SSSR count). The number of thioether (sulfide) groups is 1. The standard InChI is InChI=1S/C20H19ClN4O3S2/c21-16-5-2-6-18(12-16)30(26,27)24-9-10-29-20-23-22-19(25(20)24)13-28-17-8-7-14-3-1-4-15(14)11-17/h2,5-8,11-12H,1,3-4,9-10,13H2. The molecule has 0 unspecified atom stereocenters. The third-order valence-electron chi connectivity index (χ3n) is 5.22. The third-order valence-corrected chi connectivity index (χ3v) is 8.11. The fourth-order valence-electron chi connectivity index (χ4n) is 3.78. The van der Waals surface area contributed by atoms with Crippen LogP contribution in [0.25, 0.3) is 0 Å². The highest BCUT2D eigenvalue weighted by atomic mass is 35.5. The summed E-state index contributed by atoms with van der Waals surface area (Å²) in [4.78, 5) is 0.132. The van der Waals surface area contributed by atoms with Gasteiger partial charge in [0, 0.05) is 10.8 Å². The van der Waals surface area contributed by atoms with Crippen molar-refractivity contribution in [1.82, 2.24) is 14.9 Å². The van der Waals surface area contributed by atoms with Gasteiger partial charge >= 0.3 is 0 Å². The summed E-state index contributed by atoms with van der Waals surface area (Å²) in [5, 5.41) is 9.26. The van der Waals surface area contributed by atoms with Crippen LogP contribution in [-0.2, 0) is 29.5 Å². The molecule has 2 aliphatic rings. The Labute approximate surface area is 184 Å². The second-order valence-electron chi connectivity index (χ2n) is 7.14. The second kappa shape index (κ2) is 7.79. The van der Waals surface area contributed by atoms with Crippen LogP contribution in [0.3, 0.4) is 0 Å². The smallest absolute Gasteiger partial charge is 0.277 e. The number of hydrogen-bond donors (Lipinski definition) is 0. The second-order valence-corrected chi connectivity index (χ2v) is 10.5. The van der Waals surface area contributed by atoms with Crippen LogP contribution in [0.15, 0.2) is 52.5 Å². The predicted octanol–water partition coefficient (Wildman–Crippen LogP) is 3.43. The first-order valence-electron chi connectivity index (χ1n) is 9.63. The lowest BCUT2D eigenvalue weighted by atomic mass is 10.1. The van der Waals surface area contributed by atoms with Gasteiger partial charge in [-0.3, -0.25) is 0 Å². The van der Waals surface area contributed by atoms with E-state index in [4.69, 9.17) is 16.3 Å². The normalized spacial score (nSPS) is 15.7. The Kier molecular flexibility index (Phi) is 5.12. The topological polar surface area (TPSA) is 77.3 Å². The molecule has 2 aromatic carbocycles. The Morgan fingerprint density at radius 1 is 1.10 bits per heavy atom. The number of nitrogens with zero attached hydrogens (tertiary/aromatic N) is 4. The zero-order valence-corrected chi connectivity index (χ0v) is 18.4. The van der Waals surface area contributed by atoms with E-state index in [1.807, 2.05) is 6.07 Å². The lowest BCUT2D eigenvalue weighted by Crippen LogP contribution is -2.45. The van der Waals surface area contributed by atoms with Gasteiger partial charge in [0.2, 0.25) is 5.16 Å². The van der Waals surface area contributed by atoms with Gasteiger partial charge in [0.1, 0.15) is 12.4 Å². The number of benzene rings is 2. The zero-order chi connectivity index (χ0) is 20.7. The van der Waals surface area contributed by atoms with Gasteiger partial charge < -0.3 is 4.74 Å². The van der Waals surface area contributed by atoms with Crippen LogP contribution in [-0.4, -0.2) is 35.6 Å². The summed E-state index contributed by atoms with van der Waals surface area (Å²) in [6.07, 6.45) is 3.35. The average molecular weight is 463 g/mol. The summed E-state index contributed by atoms with van der Waals surface area (Å²) in [6.45, 7) is 0.421. The molecule has 10 heteroatoms. The summed E-state index contributed by atoms with van der Waals surface area (Å²) in [5.41, 5.74) is 2.69. The minimum Gasteiger partial charge on any atom is -0.486 e. The van der Waals surface area contributed by atoms with Crippen molar-refractivity contribution in [3.63, 3.8) is 0 Å². The van der Waals surface area contributed by atoms with Gasteiger partial charge in [0.25, 0.3) is 10.0 Å². The Morgan fingerprint density at radius 2 is 1.97 bits per heavy atom. The van der Waals surface area contributed by atoms with E-state index in [0.29, 0.717) is 28.3 Å². The van der Waals surface area contributed by atoms with Gasteiger partial charge in [-0.15, -0.1) is 10.2 Å². The van der Waals surface area contributed by atoms with Gasteiger partial charge in [-0.25, -0.2) is 0 Å². The van der Waals surface area contributed by atoms with Gasteiger partial charge in [-0.1, -0.05) is 35.5 Å². The quantitative estimate of drug-likeness (QED) is 0.578. The molecule has 0 N–H and O–H groups in total. The summed E-state index contributed by atoms with van der Waals surface area (Å²) < 4.78 is 35.4. The molecule has 1 aliphatic carbocycles. The number of aryl methyl sites for hydroxylation is 2. The molecule has 0 amide bonds. The average Bonchev–Trinajstić information content (AvgIpc) is 3.38. The van der Waals surface area contributed by atoms with E-state index in [-0.39, 0.29) is 11.5 Å². The Balaban J connectivity index is 1.44. The highest BCUT2D eigenvalue weighted by Gasteiger charge is 2.33. The molecule has 1 aromatic heterocycles. The summed E-state index contributed by atoms with van der Waals surface area (Å²) >= 11 is 7.49. The van der Waals surface area contributed by atoms with Gasteiger partial charge in [0.05, 0.1) is 11.4 Å². The molecule has 7 nitrogen and oxygen atoms in total. The fraction of sp³-hybridized carbons (Fsp3) is 0.300. The molecule has 0 fully saturated rings. The molecule has 30 heavy (non-hydrogen) atoms. The Bertz CT molecular complexity index is 1210. The van der Waals surface area contributed by atoms with Crippen molar-refractivity contribution in [3.8, 4) is 5.75 Å². The first kappa shape index (κ1) is 19.7. The van der Waals surface area contributed by atoms with Crippen molar-refractivity contribution in [2.75, 3.05) is 16.7 Å². The van der Waals surface area contributed by atoms with Crippen LogP contribution in [0.4, 0.5) is 0 Å². The molecule has 156 valence electrons. The van der Waals surface area contributed by atoms with E-state index in [1.54, 1.807) is 12.1 Å². The molecule has 0 atom stereocenters. The van der Waals surface area contributed by atoms with Crippen molar-refractivity contribution in [3.05, 3.63) is 64.4 Å². The van der Waals surface area contributed by atoms with Gasteiger partial charge in [0.15, 0.2) is 5.82 Å². The summed E-state index contributed by atoms with van der Waals surface area (Å²) in [7, 11) is -3.82. The molecule has 0 saturated carbocycles. The zero-order valence-electron chi connectivity index (χ0n) is 16.0. The number of ether oxygens (including phenoxy) is 1. The maximum atomic E-state index is 13.3. The van der Waals surface area contributed by atoms with E-state index in [2.05, 4.69) is 22.3 Å². The largest absolute Gasteiger partial charge is 0.486 e.